The van der Waals surface area contributed by atoms with Gasteiger partial charge in [0.2, 0.25) is 0 Å². The summed E-state index contributed by atoms with van der Waals surface area (Å²) in [6, 6.07) is 9.59. The first kappa shape index (κ1) is 13.2. The van der Waals surface area contributed by atoms with Gasteiger partial charge >= 0.3 is 0 Å². The largest absolute Gasteiger partial charge is 0.398 e. The maximum atomic E-state index is 12.2. The Morgan fingerprint density at radius 1 is 1.00 bits per heavy atom. The van der Waals surface area contributed by atoms with Gasteiger partial charge in [-0.2, -0.15) is 0 Å². The fourth-order valence-electron chi connectivity index (χ4n) is 1.52. The predicted octanol–water partition coefficient (Wildman–Crippen LogP) is 4.46. The summed E-state index contributed by atoms with van der Waals surface area (Å²) in [5.41, 5.74) is 6.77. The Labute approximate surface area is 119 Å². The average Bonchev–Trinajstić information content (AvgIpc) is 2.35. The number of carbonyl (C=O) groups excluding carboxylic acids is 1. The van der Waals surface area contributed by atoms with Gasteiger partial charge in [0, 0.05) is 11.1 Å². The Morgan fingerprint density at radius 2 is 1.72 bits per heavy atom. The SMILES string of the molecule is Nc1cc(C(=O)c2cccc(Cl)c2Cl)ccc1Cl. The molecule has 0 saturated heterocycles. The summed E-state index contributed by atoms with van der Waals surface area (Å²) >= 11 is 17.7. The van der Waals surface area contributed by atoms with Crippen molar-refractivity contribution in [1.82, 2.24) is 0 Å². The van der Waals surface area contributed by atoms with E-state index in [4.69, 9.17) is 40.5 Å². The molecule has 5 heteroatoms. The monoisotopic (exact) mass is 299 g/mol. The maximum Gasteiger partial charge on any atom is 0.194 e. The molecule has 0 amide bonds. The van der Waals surface area contributed by atoms with Crippen LogP contribution in [0.15, 0.2) is 36.4 Å². The van der Waals surface area contributed by atoms with E-state index >= 15 is 0 Å². The van der Waals surface area contributed by atoms with E-state index in [1.807, 2.05) is 0 Å². The molecule has 0 fully saturated rings. The van der Waals surface area contributed by atoms with Crippen LogP contribution >= 0.6 is 34.8 Å². The lowest BCUT2D eigenvalue weighted by Crippen LogP contribution is -2.03. The van der Waals surface area contributed by atoms with E-state index in [2.05, 4.69) is 0 Å². The van der Waals surface area contributed by atoms with E-state index in [0.717, 1.165) is 0 Å². The van der Waals surface area contributed by atoms with Crippen molar-refractivity contribution >= 4 is 46.3 Å². The molecule has 2 N–H and O–H groups in total. The average molecular weight is 301 g/mol. The molecule has 0 atom stereocenters. The molecular formula is C13H8Cl3NO. The highest BCUT2D eigenvalue weighted by Gasteiger charge is 2.15. The maximum absolute atomic E-state index is 12.2. The molecule has 0 aromatic heterocycles. The van der Waals surface area contributed by atoms with Crippen LogP contribution in [0, 0.1) is 0 Å². The van der Waals surface area contributed by atoms with Gasteiger partial charge in [-0.05, 0) is 30.3 Å². The molecule has 0 unspecified atom stereocenters. The molecule has 2 aromatic carbocycles. The predicted molar refractivity (Wildman–Crippen MR) is 75.8 cm³/mol. The molecular weight excluding hydrogens is 293 g/mol. The third-order valence-corrected chi connectivity index (χ3v) is 3.62. The standard InChI is InChI=1S/C13H8Cl3NO/c14-9-5-4-7(6-11(9)17)13(18)8-2-1-3-10(15)12(8)16/h1-6H,17H2. The van der Waals surface area contributed by atoms with E-state index in [1.165, 1.54) is 6.07 Å². The second-order valence-corrected chi connectivity index (χ2v) is 4.86. The Hall–Kier alpha value is -1.22. The number of hydrogen-bond donors (Lipinski definition) is 1. The van der Waals surface area contributed by atoms with Gasteiger partial charge in [0.1, 0.15) is 0 Å². The number of nitrogens with two attached hydrogens (primary N) is 1. The fraction of sp³-hybridized carbons (Fsp3) is 0. The Bertz CT molecular complexity index is 626. The summed E-state index contributed by atoms with van der Waals surface area (Å²) in [6.45, 7) is 0. The molecule has 2 nitrogen and oxygen atoms in total. The smallest absolute Gasteiger partial charge is 0.194 e. The van der Waals surface area contributed by atoms with Gasteiger partial charge in [-0.15, -0.1) is 0 Å². The summed E-state index contributed by atoms with van der Waals surface area (Å²) in [4.78, 5) is 12.2. The van der Waals surface area contributed by atoms with Gasteiger partial charge in [0.25, 0.3) is 0 Å². The minimum atomic E-state index is -0.245. The van der Waals surface area contributed by atoms with Crippen LogP contribution in [0.2, 0.25) is 15.1 Å². The van der Waals surface area contributed by atoms with Crippen molar-refractivity contribution in [3.63, 3.8) is 0 Å². The highest BCUT2D eigenvalue weighted by Crippen LogP contribution is 2.28. The molecule has 0 heterocycles. The van der Waals surface area contributed by atoms with Crippen LogP contribution in [-0.2, 0) is 0 Å². The molecule has 0 spiro atoms. The zero-order valence-corrected chi connectivity index (χ0v) is 11.4. The number of halogens is 3. The first-order valence-electron chi connectivity index (χ1n) is 5.04. The van der Waals surface area contributed by atoms with Crippen molar-refractivity contribution in [3.8, 4) is 0 Å². The molecule has 0 aliphatic heterocycles. The van der Waals surface area contributed by atoms with E-state index in [0.29, 0.717) is 26.9 Å². The molecule has 0 bridgehead atoms. The minimum Gasteiger partial charge on any atom is -0.398 e. The normalized spacial score (nSPS) is 10.4. The second-order valence-electron chi connectivity index (χ2n) is 3.67. The van der Waals surface area contributed by atoms with Gasteiger partial charge < -0.3 is 5.73 Å². The molecule has 2 aromatic rings. The van der Waals surface area contributed by atoms with Crippen LogP contribution in [0.25, 0.3) is 0 Å². The molecule has 0 radical (unpaired) electrons. The number of benzene rings is 2. The van der Waals surface area contributed by atoms with E-state index in [-0.39, 0.29) is 10.8 Å². The first-order chi connectivity index (χ1) is 8.50. The van der Waals surface area contributed by atoms with Crippen molar-refractivity contribution in [2.75, 3.05) is 5.73 Å². The van der Waals surface area contributed by atoms with Crippen LogP contribution in [0.1, 0.15) is 15.9 Å². The highest BCUT2D eigenvalue weighted by atomic mass is 35.5. The quantitative estimate of drug-likeness (QED) is 0.657. The van der Waals surface area contributed by atoms with Crippen LogP contribution in [0.3, 0.4) is 0 Å². The highest BCUT2D eigenvalue weighted by molar-refractivity contribution is 6.44. The number of hydrogen-bond acceptors (Lipinski definition) is 2. The Kier molecular flexibility index (Phi) is 3.81. The molecule has 2 rings (SSSR count). The number of rotatable bonds is 2. The number of carbonyl (C=O) groups is 1. The van der Waals surface area contributed by atoms with Gasteiger partial charge in [-0.3, -0.25) is 4.79 Å². The van der Waals surface area contributed by atoms with Crippen molar-refractivity contribution in [1.29, 1.82) is 0 Å². The third-order valence-electron chi connectivity index (χ3n) is 2.45. The van der Waals surface area contributed by atoms with Crippen LogP contribution in [0.5, 0.6) is 0 Å². The second kappa shape index (κ2) is 5.19. The summed E-state index contributed by atoms with van der Waals surface area (Å²) < 4.78 is 0. The molecule has 0 saturated carbocycles. The van der Waals surface area contributed by atoms with E-state index < -0.39 is 0 Å². The lowest BCUT2D eigenvalue weighted by Gasteiger charge is -2.06. The molecule has 0 aliphatic carbocycles. The van der Waals surface area contributed by atoms with Gasteiger partial charge in [0.05, 0.1) is 20.8 Å². The number of nitrogen functional groups attached to an aromatic ring is 1. The Balaban J connectivity index is 2.48. The van der Waals surface area contributed by atoms with Crippen LogP contribution in [0.4, 0.5) is 5.69 Å². The molecule has 92 valence electrons. The summed E-state index contributed by atoms with van der Waals surface area (Å²) in [5, 5.41) is 0.978. The first-order valence-corrected chi connectivity index (χ1v) is 6.18. The number of anilines is 1. The van der Waals surface area contributed by atoms with Crippen molar-refractivity contribution in [3.05, 3.63) is 62.6 Å². The molecule has 0 aliphatic rings. The lowest BCUT2D eigenvalue weighted by molar-refractivity contribution is 0.103. The van der Waals surface area contributed by atoms with Crippen molar-refractivity contribution in [2.24, 2.45) is 0 Å². The minimum absolute atomic E-state index is 0.234. The van der Waals surface area contributed by atoms with Gasteiger partial charge in [-0.25, -0.2) is 0 Å². The zero-order valence-electron chi connectivity index (χ0n) is 9.08. The van der Waals surface area contributed by atoms with Crippen molar-refractivity contribution < 1.29 is 4.79 Å². The summed E-state index contributed by atoms with van der Waals surface area (Å²) in [6.07, 6.45) is 0. The van der Waals surface area contributed by atoms with Crippen molar-refractivity contribution in [2.45, 2.75) is 0 Å². The summed E-state index contributed by atoms with van der Waals surface area (Å²) in [5.74, 6) is -0.245. The van der Waals surface area contributed by atoms with Gasteiger partial charge in [-0.1, -0.05) is 40.9 Å². The van der Waals surface area contributed by atoms with E-state index in [9.17, 15) is 4.79 Å². The van der Waals surface area contributed by atoms with E-state index in [1.54, 1.807) is 30.3 Å². The van der Waals surface area contributed by atoms with Crippen LogP contribution in [-0.4, -0.2) is 5.78 Å². The number of ketones is 1. The lowest BCUT2D eigenvalue weighted by atomic mass is 10.0. The zero-order chi connectivity index (χ0) is 13.3. The van der Waals surface area contributed by atoms with Crippen LogP contribution < -0.4 is 5.73 Å². The Morgan fingerprint density at radius 3 is 2.39 bits per heavy atom. The topological polar surface area (TPSA) is 43.1 Å². The fourth-order valence-corrected chi connectivity index (χ4v) is 2.02. The molecule has 18 heavy (non-hydrogen) atoms. The van der Waals surface area contributed by atoms with Gasteiger partial charge in [0.15, 0.2) is 5.78 Å². The third kappa shape index (κ3) is 2.46. The summed E-state index contributed by atoms with van der Waals surface area (Å²) in [7, 11) is 0.